The lowest BCUT2D eigenvalue weighted by molar-refractivity contribution is -0.138. The molecule has 0 radical (unpaired) electrons. The summed E-state index contributed by atoms with van der Waals surface area (Å²) < 4.78 is 0. The highest BCUT2D eigenvalue weighted by atomic mass is 16.4. The van der Waals surface area contributed by atoms with E-state index in [2.05, 4.69) is 6.58 Å². The van der Waals surface area contributed by atoms with Gasteiger partial charge in [0.05, 0.1) is 0 Å². The molecule has 1 aliphatic carbocycles. The number of rotatable bonds is 3. The number of hydrogen-bond acceptors (Lipinski definition) is 1. The Bertz CT molecular complexity index is 163. The van der Waals surface area contributed by atoms with Gasteiger partial charge in [-0.2, -0.15) is 0 Å². The quantitative estimate of drug-likeness (QED) is 0.632. The van der Waals surface area contributed by atoms with Gasteiger partial charge in [-0.3, -0.25) is 4.79 Å². The molecule has 0 unspecified atom stereocenters. The minimum Gasteiger partial charge on any atom is -0.481 e. The molecule has 1 rings (SSSR count). The Balaban J connectivity index is 2.43. The highest BCUT2D eigenvalue weighted by Crippen LogP contribution is 2.34. The predicted octanol–water partition coefficient (Wildman–Crippen LogP) is 2.06. The predicted molar refractivity (Wildman–Crippen MR) is 43.3 cm³/mol. The zero-order valence-electron chi connectivity index (χ0n) is 6.62. The molecule has 1 fully saturated rings. The van der Waals surface area contributed by atoms with Gasteiger partial charge < -0.3 is 5.11 Å². The van der Waals surface area contributed by atoms with Crippen LogP contribution in [0, 0.1) is 11.8 Å². The summed E-state index contributed by atoms with van der Waals surface area (Å²) in [7, 11) is 0. The van der Waals surface area contributed by atoms with E-state index in [9.17, 15) is 4.79 Å². The van der Waals surface area contributed by atoms with Gasteiger partial charge in [-0.05, 0) is 24.7 Å². The molecule has 0 heterocycles. The van der Waals surface area contributed by atoms with Crippen LogP contribution >= 0.6 is 0 Å². The van der Waals surface area contributed by atoms with E-state index >= 15 is 0 Å². The number of carboxylic acids is 1. The molecule has 0 saturated heterocycles. The van der Waals surface area contributed by atoms with Gasteiger partial charge >= 0.3 is 5.97 Å². The van der Waals surface area contributed by atoms with Crippen molar-refractivity contribution in [3.05, 3.63) is 12.7 Å². The van der Waals surface area contributed by atoms with Gasteiger partial charge in [0.2, 0.25) is 0 Å². The molecule has 2 nitrogen and oxygen atoms in total. The lowest BCUT2D eigenvalue weighted by Crippen LogP contribution is -2.10. The van der Waals surface area contributed by atoms with Crippen LogP contribution in [0.5, 0.6) is 0 Å². The van der Waals surface area contributed by atoms with Crippen molar-refractivity contribution in [2.24, 2.45) is 11.8 Å². The van der Waals surface area contributed by atoms with Crippen LogP contribution in [0.4, 0.5) is 0 Å². The molecule has 0 amide bonds. The first-order valence-electron chi connectivity index (χ1n) is 4.08. The maximum atomic E-state index is 10.4. The number of aliphatic carboxylic acids is 1. The minimum absolute atomic E-state index is 0.316. The van der Waals surface area contributed by atoms with Crippen LogP contribution in [0.15, 0.2) is 12.7 Å². The van der Waals surface area contributed by atoms with Gasteiger partial charge in [-0.25, -0.2) is 0 Å². The number of hydrogen-bond donors (Lipinski definition) is 1. The molecule has 1 N–H and O–H groups in total. The molecule has 1 saturated carbocycles. The first-order valence-corrected chi connectivity index (χ1v) is 4.08. The largest absolute Gasteiger partial charge is 0.481 e. The summed E-state index contributed by atoms with van der Waals surface area (Å²) in [5.74, 6) is 0.125. The molecule has 1 aliphatic rings. The first-order chi connectivity index (χ1) is 5.24. The van der Waals surface area contributed by atoms with Crippen LogP contribution in [-0.2, 0) is 4.79 Å². The maximum Gasteiger partial charge on any atom is 0.303 e. The van der Waals surface area contributed by atoms with Crippen molar-refractivity contribution in [1.29, 1.82) is 0 Å². The van der Waals surface area contributed by atoms with Crippen molar-refractivity contribution >= 4 is 5.97 Å². The van der Waals surface area contributed by atoms with E-state index in [0.717, 1.165) is 19.3 Å². The van der Waals surface area contributed by atoms with E-state index in [0.29, 0.717) is 18.3 Å². The summed E-state index contributed by atoms with van der Waals surface area (Å²) >= 11 is 0. The third kappa shape index (κ3) is 2.07. The van der Waals surface area contributed by atoms with E-state index in [-0.39, 0.29) is 0 Å². The highest BCUT2D eigenvalue weighted by molar-refractivity contribution is 5.67. The normalized spacial score (nSPS) is 30.2. The Morgan fingerprint density at radius 1 is 1.64 bits per heavy atom. The second-order valence-electron chi connectivity index (χ2n) is 3.19. The second kappa shape index (κ2) is 3.56. The zero-order valence-corrected chi connectivity index (χ0v) is 6.62. The fraction of sp³-hybridized carbons (Fsp3) is 0.667. The molecule has 11 heavy (non-hydrogen) atoms. The topological polar surface area (TPSA) is 37.3 Å². The van der Waals surface area contributed by atoms with Crippen LogP contribution in [0.3, 0.4) is 0 Å². The van der Waals surface area contributed by atoms with Crippen LogP contribution in [-0.4, -0.2) is 11.1 Å². The fourth-order valence-electron chi connectivity index (χ4n) is 1.85. The highest BCUT2D eigenvalue weighted by Gasteiger charge is 2.26. The Kier molecular flexibility index (Phi) is 2.69. The SMILES string of the molecule is C=C[C@@H]1CCC[C@@H]1CC(=O)O. The van der Waals surface area contributed by atoms with E-state index in [4.69, 9.17) is 5.11 Å². The van der Waals surface area contributed by atoms with Gasteiger partial charge in [-0.1, -0.05) is 12.5 Å². The standard InChI is InChI=1S/C9H14O2/c1-2-7-4-3-5-8(7)6-9(10)11/h2,7-8H,1,3-6H2,(H,10,11)/t7-,8-/m1/s1. The number of allylic oxidation sites excluding steroid dienone is 1. The van der Waals surface area contributed by atoms with Crippen molar-refractivity contribution in [1.82, 2.24) is 0 Å². The van der Waals surface area contributed by atoms with E-state index in [1.54, 1.807) is 0 Å². The minimum atomic E-state index is -0.677. The monoisotopic (exact) mass is 154 g/mol. The molecule has 0 aromatic carbocycles. The maximum absolute atomic E-state index is 10.4. The fourth-order valence-corrected chi connectivity index (χ4v) is 1.85. The second-order valence-corrected chi connectivity index (χ2v) is 3.19. The van der Waals surface area contributed by atoms with Crippen molar-refractivity contribution in [3.8, 4) is 0 Å². The lowest BCUT2D eigenvalue weighted by Gasteiger charge is -2.12. The summed E-state index contributed by atoms with van der Waals surface area (Å²) in [6, 6.07) is 0. The van der Waals surface area contributed by atoms with E-state index < -0.39 is 5.97 Å². The van der Waals surface area contributed by atoms with Crippen molar-refractivity contribution in [3.63, 3.8) is 0 Å². The Labute approximate surface area is 66.9 Å². The average molecular weight is 154 g/mol. The molecule has 62 valence electrons. The summed E-state index contributed by atoms with van der Waals surface area (Å²) in [5.41, 5.74) is 0. The van der Waals surface area contributed by atoms with Crippen LogP contribution < -0.4 is 0 Å². The third-order valence-electron chi connectivity index (χ3n) is 2.46. The smallest absolute Gasteiger partial charge is 0.303 e. The number of carboxylic acid groups (broad SMARTS) is 1. The molecule has 0 spiro atoms. The summed E-state index contributed by atoms with van der Waals surface area (Å²) in [4.78, 5) is 10.4. The van der Waals surface area contributed by atoms with Gasteiger partial charge in [-0.15, -0.1) is 6.58 Å². The Morgan fingerprint density at radius 3 is 2.91 bits per heavy atom. The number of carbonyl (C=O) groups is 1. The summed E-state index contributed by atoms with van der Waals surface area (Å²) in [6.45, 7) is 3.71. The third-order valence-corrected chi connectivity index (χ3v) is 2.46. The van der Waals surface area contributed by atoms with Crippen molar-refractivity contribution in [2.75, 3.05) is 0 Å². The van der Waals surface area contributed by atoms with Crippen molar-refractivity contribution in [2.45, 2.75) is 25.7 Å². The van der Waals surface area contributed by atoms with Crippen molar-refractivity contribution < 1.29 is 9.90 Å². The molecule has 2 heteroatoms. The van der Waals surface area contributed by atoms with Crippen LogP contribution in [0.25, 0.3) is 0 Å². The molecule has 2 atom stereocenters. The Morgan fingerprint density at radius 2 is 2.36 bits per heavy atom. The molecular weight excluding hydrogens is 140 g/mol. The van der Waals surface area contributed by atoms with Gasteiger partial charge in [0.25, 0.3) is 0 Å². The molecular formula is C9H14O2. The summed E-state index contributed by atoms with van der Waals surface area (Å²) in [5, 5.41) is 8.55. The first kappa shape index (κ1) is 8.31. The molecule has 0 aromatic rings. The van der Waals surface area contributed by atoms with Crippen LogP contribution in [0.2, 0.25) is 0 Å². The molecule has 0 aromatic heterocycles. The van der Waals surface area contributed by atoms with Gasteiger partial charge in [0.1, 0.15) is 0 Å². The molecule has 0 bridgehead atoms. The lowest BCUT2D eigenvalue weighted by atomic mass is 9.93. The van der Waals surface area contributed by atoms with Gasteiger partial charge in [0.15, 0.2) is 0 Å². The Hall–Kier alpha value is -0.790. The van der Waals surface area contributed by atoms with Gasteiger partial charge in [0, 0.05) is 6.42 Å². The summed E-state index contributed by atoms with van der Waals surface area (Å²) in [6.07, 6.45) is 5.57. The van der Waals surface area contributed by atoms with Crippen LogP contribution in [0.1, 0.15) is 25.7 Å². The average Bonchev–Trinajstić information content (AvgIpc) is 2.34. The van der Waals surface area contributed by atoms with E-state index in [1.807, 2.05) is 6.08 Å². The van der Waals surface area contributed by atoms with E-state index in [1.165, 1.54) is 0 Å². The zero-order chi connectivity index (χ0) is 8.27. The molecule has 0 aliphatic heterocycles.